The minimum absolute atomic E-state index is 0.00686. The van der Waals surface area contributed by atoms with Crippen molar-refractivity contribution in [3.05, 3.63) is 41.9 Å². The van der Waals surface area contributed by atoms with Gasteiger partial charge in [0.2, 0.25) is 5.91 Å². The summed E-state index contributed by atoms with van der Waals surface area (Å²) in [6, 6.07) is 8.32. The van der Waals surface area contributed by atoms with Crippen molar-refractivity contribution in [2.24, 2.45) is 5.41 Å². The lowest BCUT2D eigenvalue weighted by Crippen LogP contribution is -2.49. The molecule has 0 spiro atoms. The lowest BCUT2D eigenvalue weighted by atomic mass is 9.91. The molecule has 4 rings (SSSR count). The van der Waals surface area contributed by atoms with Gasteiger partial charge in [-0.2, -0.15) is 5.10 Å². The number of carbonyl (C=O) groups excluding carboxylic acids is 1. The van der Waals surface area contributed by atoms with Gasteiger partial charge in [-0.15, -0.1) is 5.10 Å². The second-order valence-electron chi connectivity index (χ2n) is 13.3. The minimum Gasteiger partial charge on any atom is -0.365 e. The van der Waals surface area contributed by atoms with Gasteiger partial charge in [0, 0.05) is 36.2 Å². The number of anilines is 2. The lowest BCUT2D eigenvalue weighted by molar-refractivity contribution is -0.133. The molecular formula is C29H44N6O2. The molecule has 0 radical (unpaired) electrons. The summed E-state index contributed by atoms with van der Waals surface area (Å²) >= 11 is 0. The molecule has 2 aromatic rings. The summed E-state index contributed by atoms with van der Waals surface area (Å²) in [5.74, 6) is 0.884. The SMILES string of the molecule is CC1(C)CN(c2ccc(C(C)(C)C)nc2)CC(OC2CCCN(c3ccc(C(C)(C)C)nn3)C2)NC1=O. The smallest absolute Gasteiger partial charge is 0.229 e. The lowest BCUT2D eigenvalue weighted by Gasteiger charge is -2.36. The fourth-order valence-electron chi connectivity index (χ4n) is 4.87. The van der Waals surface area contributed by atoms with Crippen LogP contribution in [0.15, 0.2) is 30.5 Å². The van der Waals surface area contributed by atoms with Gasteiger partial charge in [-0.3, -0.25) is 9.78 Å². The minimum atomic E-state index is -0.552. The van der Waals surface area contributed by atoms with E-state index < -0.39 is 11.6 Å². The van der Waals surface area contributed by atoms with Crippen LogP contribution in [0.3, 0.4) is 0 Å². The maximum Gasteiger partial charge on any atom is 0.229 e. The maximum atomic E-state index is 13.1. The van der Waals surface area contributed by atoms with E-state index in [1.54, 1.807) is 0 Å². The first-order valence-electron chi connectivity index (χ1n) is 13.5. The van der Waals surface area contributed by atoms with Crippen LogP contribution in [0.2, 0.25) is 0 Å². The van der Waals surface area contributed by atoms with E-state index in [4.69, 9.17) is 9.72 Å². The van der Waals surface area contributed by atoms with Crippen molar-refractivity contribution in [3.63, 3.8) is 0 Å². The molecule has 0 bridgehead atoms. The normalized spacial score (nSPS) is 23.0. The molecule has 2 unspecified atom stereocenters. The van der Waals surface area contributed by atoms with Gasteiger partial charge >= 0.3 is 0 Å². The second kappa shape index (κ2) is 10.2. The molecule has 4 heterocycles. The molecule has 2 aromatic heterocycles. The van der Waals surface area contributed by atoms with Crippen LogP contribution < -0.4 is 15.1 Å². The standard InChI is InChI=1S/C29H44N6O2/c1-27(2,3)22-12-11-20(16-30-22)35-18-25(31-26(36)29(7,8)19-35)37-21-10-9-15-34(17-21)24-14-13-23(32-33-24)28(4,5)6/h11-14,16,21,25H,9-10,15,17-19H2,1-8H3,(H,31,36). The van der Waals surface area contributed by atoms with Gasteiger partial charge in [0.1, 0.15) is 6.23 Å². The zero-order valence-electron chi connectivity index (χ0n) is 23.8. The zero-order chi connectivity index (χ0) is 27.0. The van der Waals surface area contributed by atoms with E-state index >= 15 is 0 Å². The number of pyridine rings is 1. The Labute approximate surface area is 222 Å². The van der Waals surface area contributed by atoms with Gasteiger partial charge < -0.3 is 19.9 Å². The molecule has 2 atom stereocenters. The maximum absolute atomic E-state index is 13.1. The summed E-state index contributed by atoms with van der Waals surface area (Å²) in [6.07, 6.45) is 3.46. The van der Waals surface area contributed by atoms with Gasteiger partial charge in [0.05, 0.1) is 35.6 Å². The molecule has 1 amide bonds. The number of hydrogen-bond acceptors (Lipinski definition) is 7. The third-order valence-corrected chi connectivity index (χ3v) is 7.24. The topological polar surface area (TPSA) is 83.5 Å². The molecule has 2 aliphatic heterocycles. The summed E-state index contributed by atoms with van der Waals surface area (Å²) in [7, 11) is 0. The highest BCUT2D eigenvalue weighted by molar-refractivity contribution is 5.83. The molecule has 8 heteroatoms. The average Bonchev–Trinajstić information content (AvgIpc) is 2.93. The van der Waals surface area contributed by atoms with Crippen LogP contribution in [0.1, 0.15) is 79.6 Å². The van der Waals surface area contributed by atoms with E-state index in [9.17, 15) is 4.79 Å². The quantitative estimate of drug-likeness (QED) is 0.654. The number of ether oxygens (including phenoxy) is 1. The molecule has 37 heavy (non-hydrogen) atoms. The van der Waals surface area contributed by atoms with Gasteiger partial charge in [-0.25, -0.2) is 0 Å². The number of rotatable bonds is 4. The number of piperidine rings is 1. The number of aromatic nitrogens is 3. The van der Waals surface area contributed by atoms with Crippen molar-refractivity contribution in [3.8, 4) is 0 Å². The van der Waals surface area contributed by atoms with Crippen molar-refractivity contribution in [2.45, 2.75) is 91.4 Å². The molecule has 0 aliphatic carbocycles. The largest absolute Gasteiger partial charge is 0.365 e. The van der Waals surface area contributed by atoms with E-state index in [0.717, 1.165) is 48.8 Å². The van der Waals surface area contributed by atoms with Crippen molar-refractivity contribution in [2.75, 3.05) is 36.0 Å². The van der Waals surface area contributed by atoms with Gasteiger partial charge in [-0.05, 0) is 51.0 Å². The Morgan fingerprint density at radius 2 is 1.65 bits per heavy atom. The Kier molecular flexibility index (Phi) is 7.52. The Balaban J connectivity index is 1.47. The number of nitrogens with zero attached hydrogens (tertiary/aromatic N) is 5. The molecule has 0 saturated carbocycles. The van der Waals surface area contributed by atoms with Crippen LogP contribution in [0.25, 0.3) is 0 Å². The Morgan fingerprint density at radius 1 is 0.946 bits per heavy atom. The highest BCUT2D eigenvalue weighted by atomic mass is 16.5. The van der Waals surface area contributed by atoms with Gasteiger partial charge in [0.15, 0.2) is 5.82 Å². The van der Waals surface area contributed by atoms with Crippen LogP contribution in [0, 0.1) is 5.41 Å². The molecule has 1 N–H and O–H groups in total. The van der Waals surface area contributed by atoms with Crippen molar-refractivity contribution in [1.82, 2.24) is 20.5 Å². The van der Waals surface area contributed by atoms with Gasteiger partial charge in [-0.1, -0.05) is 41.5 Å². The monoisotopic (exact) mass is 508 g/mol. The predicted molar refractivity (Wildman–Crippen MR) is 148 cm³/mol. The molecule has 2 fully saturated rings. The molecule has 2 aliphatic rings. The first-order chi connectivity index (χ1) is 17.2. The molecular weight excluding hydrogens is 464 g/mol. The van der Waals surface area contributed by atoms with Crippen LogP contribution >= 0.6 is 0 Å². The van der Waals surface area contributed by atoms with E-state index in [-0.39, 0.29) is 22.8 Å². The first kappa shape index (κ1) is 27.3. The summed E-state index contributed by atoms with van der Waals surface area (Å²) in [6.45, 7) is 19.7. The molecule has 0 aromatic carbocycles. The third kappa shape index (κ3) is 6.58. The van der Waals surface area contributed by atoms with Crippen molar-refractivity contribution in [1.29, 1.82) is 0 Å². The van der Waals surface area contributed by atoms with E-state index in [0.29, 0.717) is 13.1 Å². The van der Waals surface area contributed by atoms with E-state index in [2.05, 4.69) is 91.1 Å². The fraction of sp³-hybridized carbons (Fsp3) is 0.655. The van der Waals surface area contributed by atoms with Crippen LogP contribution in [0.5, 0.6) is 0 Å². The summed E-state index contributed by atoms with van der Waals surface area (Å²) in [5.41, 5.74) is 2.45. The second-order valence-corrected chi connectivity index (χ2v) is 13.3. The van der Waals surface area contributed by atoms with Crippen molar-refractivity contribution < 1.29 is 9.53 Å². The van der Waals surface area contributed by atoms with Crippen LogP contribution in [-0.2, 0) is 20.4 Å². The first-order valence-corrected chi connectivity index (χ1v) is 13.5. The summed E-state index contributed by atoms with van der Waals surface area (Å²) < 4.78 is 6.55. The number of hydrogen-bond donors (Lipinski definition) is 1. The Bertz CT molecular complexity index is 1070. The molecule has 8 nitrogen and oxygen atoms in total. The Hall–Kier alpha value is -2.74. The average molecular weight is 509 g/mol. The van der Waals surface area contributed by atoms with Crippen LogP contribution in [-0.4, -0.2) is 59.6 Å². The number of carbonyl (C=O) groups is 1. The highest BCUT2D eigenvalue weighted by Gasteiger charge is 2.38. The number of nitrogens with one attached hydrogen (secondary N) is 1. The third-order valence-electron chi connectivity index (χ3n) is 7.24. The fourth-order valence-corrected chi connectivity index (χ4v) is 4.87. The van der Waals surface area contributed by atoms with Crippen molar-refractivity contribution >= 4 is 17.4 Å². The zero-order valence-corrected chi connectivity index (χ0v) is 23.8. The van der Waals surface area contributed by atoms with E-state index in [1.165, 1.54) is 0 Å². The summed E-state index contributed by atoms with van der Waals surface area (Å²) in [4.78, 5) is 22.3. The van der Waals surface area contributed by atoms with Gasteiger partial charge in [0.25, 0.3) is 0 Å². The molecule has 2 saturated heterocycles. The molecule has 202 valence electrons. The Morgan fingerprint density at radius 3 is 2.24 bits per heavy atom. The predicted octanol–water partition coefficient (Wildman–Crippen LogP) is 4.44. The van der Waals surface area contributed by atoms with E-state index in [1.807, 2.05) is 20.0 Å². The summed E-state index contributed by atoms with van der Waals surface area (Å²) in [5, 5.41) is 12.1. The number of amides is 1. The van der Waals surface area contributed by atoms with Crippen LogP contribution in [0.4, 0.5) is 11.5 Å². The highest BCUT2D eigenvalue weighted by Crippen LogP contribution is 2.29.